The van der Waals surface area contributed by atoms with Gasteiger partial charge < -0.3 is 28.7 Å². The zero-order valence-corrected chi connectivity index (χ0v) is 35.5. The van der Waals surface area contributed by atoms with E-state index < -0.39 is 5.72 Å². The summed E-state index contributed by atoms with van der Waals surface area (Å²) in [6, 6.07) is 33.1. The molecule has 0 saturated carbocycles. The van der Waals surface area contributed by atoms with Crippen molar-refractivity contribution in [2.45, 2.75) is 103 Å². The van der Waals surface area contributed by atoms with Gasteiger partial charge in [0.15, 0.2) is 0 Å². The third kappa shape index (κ3) is 7.63. The molecule has 3 aliphatic heterocycles. The van der Waals surface area contributed by atoms with Gasteiger partial charge in [-0.2, -0.15) is 0 Å². The molecule has 5 aromatic carbocycles. The second-order valence-electron chi connectivity index (χ2n) is 16.5. The zero-order chi connectivity index (χ0) is 41.0. The van der Waals surface area contributed by atoms with Crippen LogP contribution in [0.25, 0.3) is 21.9 Å². The Balaban J connectivity index is 0.926. The maximum absolute atomic E-state index is 13.3. The highest BCUT2D eigenvalue weighted by Crippen LogP contribution is 2.57. The standard InChI is InChI=1S/C51H59N3O5/c1-6-9-11-12-33-57-39-22-20-37(21-23-39)36-16-18-38(19-17-36)49(55)58-40-28-31-53(32-29-40)45-15-13-14-43-42(45)25-27-47-48(43)52-35-51(59-47)50(4,8-3)44-34-41(56-5)24-26-46(44)54(51)30-10-7-2/h13-27,34-35,40H,6-12,28-33H2,1-5H3. The lowest BCUT2D eigenvalue weighted by Crippen LogP contribution is -2.63. The van der Waals surface area contributed by atoms with Crippen molar-refractivity contribution in [3.8, 4) is 28.4 Å². The van der Waals surface area contributed by atoms with Gasteiger partial charge in [-0.1, -0.05) is 82.9 Å². The summed E-state index contributed by atoms with van der Waals surface area (Å²) >= 11 is 0. The van der Waals surface area contributed by atoms with E-state index in [2.05, 4.69) is 104 Å². The molecule has 2 unspecified atom stereocenters. The largest absolute Gasteiger partial charge is 0.497 e. The molecule has 8 nitrogen and oxygen atoms in total. The molecule has 5 aromatic rings. The normalized spacial score (nSPS) is 19.7. The first-order valence-corrected chi connectivity index (χ1v) is 21.9. The van der Waals surface area contributed by atoms with Crippen molar-refractivity contribution in [2.75, 3.05) is 43.2 Å². The fourth-order valence-electron chi connectivity index (χ4n) is 9.25. The first-order chi connectivity index (χ1) is 28.8. The van der Waals surface area contributed by atoms with Crippen LogP contribution in [-0.2, 0) is 10.2 Å². The quantitative estimate of drug-likeness (QED) is 0.0772. The topological polar surface area (TPSA) is 72.8 Å². The summed E-state index contributed by atoms with van der Waals surface area (Å²) in [4.78, 5) is 23.4. The summed E-state index contributed by atoms with van der Waals surface area (Å²) in [6.07, 6.45) is 11.2. The molecule has 0 radical (unpaired) electrons. The first-order valence-electron chi connectivity index (χ1n) is 21.9. The fraction of sp³-hybridized carbons (Fsp3) is 0.412. The fourth-order valence-corrected chi connectivity index (χ4v) is 9.25. The molecular formula is C51H59N3O5. The number of nitrogens with zero attached hydrogens (tertiary/aromatic N) is 3. The number of hydrogen-bond donors (Lipinski definition) is 0. The number of esters is 1. The van der Waals surface area contributed by atoms with E-state index in [1.54, 1.807) is 7.11 Å². The van der Waals surface area contributed by atoms with Crippen LogP contribution in [0.5, 0.6) is 17.2 Å². The zero-order valence-electron chi connectivity index (χ0n) is 35.5. The lowest BCUT2D eigenvalue weighted by atomic mass is 9.73. The van der Waals surface area contributed by atoms with E-state index in [0.29, 0.717) is 5.56 Å². The van der Waals surface area contributed by atoms with Gasteiger partial charge in [-0.05, 0) is 104 Å². The van der Waals surface area contributed by atoms with Crippen molar-refractivity contribution >= 4 is 40.0 Å². The Morgan fingerprint density at radius 2 is 1.53 bits per heavy atom. The summed E-state index contributed by atoms with van der Waals surface area (Å²) < 4.78 is 24.9. The Kier molecular flexibility index (Phi) is 11.9. The van der Waals surface area contributed by atoms with Gasteiger partial charge >= 0.3 is 5.97 Å². The summed E-state index contributed by atoms with van der Waals surface area (Å²) in [5.74, 6) is 2.27. The van der Waals surface area contributed by atoms with Gasteiger partial charge in [-0.25, -0.2) is 4.79 Å². The van der Waals surface area contributed by atoms with Crippen LogP contribution in [0.2, 0.25) is 0 Å². The molecule has 1 spiro atoms. The number of aliphatic imine (C=N–C) groups is 1. The monoisotopic (exact) mass is 793 g/mol. The molecule has 0 bridgehead atoms. The number of rotatable bonds is 15. The Hall–Kier alpha value is -5.50. The lowest BCUT2D eigenvalue weighted by Gasteiger charge is -2.47. The molecule has 8 rings (SSSR count). The van der Waals surface area contributed by atoms with Crippen molar-refractivity contribution in [1.82, 2.24) is 0 Å². The first kappa shape index (κ1) is 40.3. The third-order valence-corrected chi connectivity index (χ3v) is 13.0. The summed E-state index contributed by atoms with van der Waals surface area (Å²) in [7, 11) is 1.73. The van der Waals surface area contributed by atoms with E-state index in [1.165, 1.54) is 30.5 Å². The number of methoxy groups -OCH3 is 1. The van der Waals surface area contributed by atoms with Crippen LogP contribution in [0.15, 0.2) is 102 Å². The van der Waals surface area contributed by atoms with Gasteiger partial charge in [0.2, 0.25) is 5.72 Å². The van der Waals surface area contributed by atoms with Crippen LogP contribution >= 0.6 is 0 Å². The van der Waals surface area contributed by atoms with Crippen molar-refractivity contribution < 1.29 is 23.7 Å². The van der Waals surface area contributed by atoms with Gasteiger partial charge in [0, 0.05) is 54.6 Å². The van der Waals surface area contributed by atoms with E-state index in [0.717, 1.165) is 115 Å². The number of ether oxygens (including phenoxy) is 4. The van der Waals surface area contributed by atoms with Crippen LogP contribution in [0.4, 0.5) is 17.1 Å². The highest BCUT2D eigenvalue weighted by Gasteiger charge is 2.61. The Morgan fingerprint density at radius 3 is 2.24 bits per heavy atom. The van der Waals surface area contributed by atoms with Crippen LogP contribution < -0.4 is 24.0 Å². The minimum absolute atomic E-state index is 0.135. The van der Waals surface area contributed by atoms with Gasteiger partial charge in [-0.15, -0.1) is 0 Å². The van der Waals surface area contributed by atoms with Crippen LogP contribution in [0, 0.1) is 0 Å². The molecule has 0 aromatic heterocycles. The van der Waals surface area contributed by atoms with Crippen LogP contribution in [-0.4, -0.2) is 57.4 Å². The van der Waals surface area contributed by atoms with Gasteiger partial charge in [0.25, 0.3) is 0 Å². The van der Waals surface area contributed by atoms with Gasteiger partial charge in [0.05, 0.1) is 30.9 Å². The highest BCUT2D eigenvalue weighted by atomic mass is 16.5. The molecule has 2 atom stereocenters. The molecule has 1 saturated heterocycles. The van der Waals surface area contributed by atoms with Crippen molar-refractivity contribution in [2.24, 2.45) is 4.99 Å². The number of piperidine rings is 1. The maximum atomic E-state index is 13.3. The average Bonchev–Trinajstić information content (AvgIpc) is 3.47. The van der Waals surface area contributed by atoms with E-state index >= 15 is 0 Å². The predicted molar refractivity (Wildman–Crippen MR) is 241 cm³/mol. The lowest BCUT2D eigenvalue weighted by molar-refractivity contribution is 0.0245. The van der Waals surface area contributed by atoms with Crippen molar-refractivity contribution in [3.05, 3.63) is 108 Å². The molecule has 3 aliphatic rings. The highest BCUT2D eigenvalue weighted by molar-refractivity contribution is 6.05. The molecule has 1 fully saturated rings. The molecular weight excluding hydrogens is 735 g/mol. The summed E-state index contributed by atoms with van der Waals surface area (Å²) in [5, 5.41) is 2.21. The van der Waals surface area contributed by atoms with Gasteiger partial charge in [-0.3, -0.25) is 4.99 Å². The van der Waals surface area contributed by atoms with Crippen molar-refractivity contribution in [3.63, 3.8) is 0 Å². The number of anilines is 2. The number of benzene rings is 5. The van der Waals surface area contributed by atoms with Crippen LogP contribution in [0.1, 0.15) is 101 Å². The second kappa shape index (κ2) is 17.4. The van der Waals surface area contributed by atoms with E-state index in [1.807, 2.05) is 36.4 Å². The third-order valence-electron chi connectivity index (χ3n) is 13.0. The second-order valence-corrected chi connectivity index (χ2v) is 16.5. The number of hydrogen-bond acceptors (Lipinski definition) is 8. The van der Waals surface area contributed by atoms with Crippen molar-refractivity contribution in [1.29, 1.82) is 0 Å². The predicted octanol–water partition coefficient (Wildman–Crippen LogP) is 12.1. The molecule has 8 heteroatoms. The minimum atomic E-state index is -0.764. The molecule has 3 heterocycles. The Bertz CT molecular complexity index is 2280. The van der Waals surface area contributed by atoms with Crippen LogP contribution in [0.3, 0.4) is 0 Å². The number of unbranched alkanes of at least 4 members (excludes halogenated alkanes) is 4. The molecule has 0 N–H and O–H groups in total. The number of fused-ring (bicyclic) bond motifs is 4. The Morgan fingerprint density at radius 1 is 0.797 bits per heavy atom. The molecule has 0 aliphatic carbocycles. The maximum Gasteiger partial charge on any atom is 0.338 e. The molecule has 0 amide bonds. The Labute approximate surface area is 350 Å². The number of carbonyl (C=O) groups excluding carboxylic acids is 1. The van der Waals surface area contributed by atoms with E-state index in [-0.39, 0.29) is 17.5 Å². The molecule has 59 heavy (non-hydrogen) atoms. The smallest absolute Gasteiger partial charge is 0.338 e. The molecule has 308 valence electrons. The minimum Gasteiger partial charge on any atom is -0.497 e. The number of carbonyl (C=O) groups is 1. The van der Waals surface area contributed by atoms with Gasteiger partial charge in [0.1, 0.15) is 29.0 Å². The van der Waals surface area contributed by atoms with E-state index in [9.17, 15) is 4.79 Å². The summed E-state index contributed by atoms with van der Waals surface area (Å²) in [6.45, 7) is 12.2. The summed E-state index contributed by atoms with van der Waals surface area (Å²) in [5.41, 5.74) is 6.04. The average molecular weight is 794 g/mol. The SMILES string of the molecule is CCCCCCOc1ccc(-c2ccc(C(=O)OC3CCN(c4cccc5c6c(ccc45)OC4(C=N6)N(CCCC)c5ccc(OC)cc5C4(C)CC)CC3)cc2)cc1. The van der Waals surface area contributed by atoms with E-state index in [4.69, 9.17) is 23.9 Å².